The minimum Gasteiger partial charge on any atom is -0.508 e. The number of nitrogens with one attached hydrogen (secondary N) is 1. The van der Waals surface area contributed by atoms with Gasteiger partial charge in [0.1, 0.15) is 5.75 Å². The second kappa shape index (κ2) is 7.11. The van der Waals surface area contributed by atoms with Gasteiger partial charge in [-0.2, -0.15) is 0 Å². The van der Waals surface area contributed by atoms with Crippen LogP contribution in [-0.4, -0.2) is 22.1 Å². The minimum atomic E-state index is -1.17. The van der Waals surface area contributed by atoms with Gasteiger partial charge in [0, 0.05) is 6.42 Å². The zero-order valence-corrected chi connectivity index (χ0v) is 12.0. The molecule has 1 aliphatic carbocycles. The Morgan fingerprint density at radius 3 is 2.43 bits per heavy atom. The van der Waals surface area contributed by atoms with Crippen molar-refractivity contribution in [3.8, 4) is 5.75 Å². The van der Waals surface area contributed by atoms with Crippen LogP contribution in [0.3, 0.4) is 0 Å². The fraction of sp³-hybridized carbons (Fsp3) is 0.500. The lowest BCUT2D eigenvalue weighted by Crippen LogP contribution is -2.18. The Labute approximate surface area is 124 Å². The van der Waals surface area contributed by atoms with Gasteiger partial charge in [-0.1, -0.05) is 25.7 Å². The zero-order valence-electron chi connectivity index (χ0n) is 12.0. The maximum atomic E-state index is 12.1. The van der Waals surface area contributed by atoms with Crippen molar-refractivity contribution in [2.75, 3.05) is 5.32 Å². The van der Waals surface area contributed by atoms with Gasteiger partial charge in [0.25, 0.3) is 0 Å². The third-order valence-corrected chi connectivity index (χ3v) is 3.96. The number of phenols is 1. The standard InChI is InChI=1S/C16H21NO4/c18-12-7-8-14(13(10-12)16(20)21)17-15(19)9-11-5-3-1-2-4-6-11/h7-8,10-11,18H,1-6,9H2,(H,17,19)(H,20,21). The van der Waals surface area contributed by atoms with E-state index in [0.717, 1.165) is 31.7 Å². The SMILES string of the molecule is O=C(CC1CCCCCC1)Nc1ccc(O)cc1C(=O)O. The van der Waals surface area contributed by atoms with Crippen LogP contribution >= 0.6 is 0 Å². The van der Waals surface area contributed by atoms with Gasteiger partial charge < -0.3 is 15.5 Å². The van der Waals surface area contributed by atoms with Gasteiger partial charge in [-0.15, -0.1) is 0 Å². The van der Waals surface area contributed by atoms with E-state index in [1.165, 1.54) is 25.0 Å². The molecule has 0 unspecified atom stereocenters. The summed E-state index contributed by atoms with van der Waals surface area (Å²) in [6.45, 7) is 0. The maximum Gasteiger partial charge on any atom is 0.337 e. The van der Waals surface area contributed by atoms with Crippen molar-refractivity contribution in [1.29, 1.82) is 0 Å². The van der Waals surface area contributed by atoms with Gasteiger partial charge >= 0.3 is 5.97 Å². The summed E-state index contributed by atoms with van der Waals surface area (Å²) < 4.78 is 0. The molecule has 0 bridgehead atoms. The molecule has 0 atom stereocenters. The molecule has 1 aromatic rings. The number of amides is 1. The Morgan fingerprint density at radius 1 is 1.14 bits per heavy atom. The lowest BCUT2D eigenvalue weighted by Gasteiger charge is -2.14. The molecule has 0 radical (unpaired) electrons. The number of carboxylic acids is 1. The number of carbonyl (C=O) groups is 2. The molecule has 21 heavy (non-hydrogen) atoms. The molecule has 1 aromatic carbocycles. The van der Waals surface area contributed by atoms with Crippen molar-refractivity contribution in [3.63, 3.8) is 0 Å². The summed E-state index contributed by atoms with van der Waals surface area (Å²) in [5.74, 6) is -1.07. The first-order valence-electron chi connectivity index (χ1n) is 7.42. The van der Waals surface area contributed by atoms with Crippen molar-refractivity contribution in [2.45, 2.75) is 44.9 Å². The second-order valence-corrected chi connectivity index (χ2v) is 5.64. The normalized spacial score (nSPS) is 16.2. The number of hydrogen-bond acceptors (Lipinski definition) is 3. The third-order valence-electron chi connectivity index (χ3n) is 3.96. The summed E-state index contributed by atoms with van der Waals surface area (Å²) in [5, 5.41) is 21.1. The topological polar surface area (TPSA) is 86.6 Å². The number of carbonyl (C=O) groups excluding carboxylic acids is 1. The van der Waals surface area contributed by atoms with E-state index < -0.39 is 5.97 Å². The van der Waals surface area contributed by atoms with Crippen LogP contribution in [0.25, 0.3) is 0 Å². The molecular formula is C16H21NO4. The number of aromatic hydroxyl groups is 1. The molecule has 5 heteroatoms. The van der Waals surface area contributed by atoms with Crippen LogP contribution in [0.2, 0.25) is 0 Å². The molecule has 1 fully saturated rings. The molecule has 1 aliphatic rings. The largest absolute Gasteiger partial charge is 0.508 e. The van der Waals surface area contributed by atoms with Crippen molar-refractivity contribution in [2.24, 2.45) is 5.92 Å². The van der Waals surface area contributed by atoms with E-state index in [9.17, 15) is 14.7 Å². The van der Waals surface area contributed by atoms with Crippen molar-refractivity contribution in [1.82, 2.24) is 0 Å². The molecular weight excluding hydrogens is 270 g/mol. The van der Waals surface area contributed by atoms with E-state index in [1.807, 2.05) is 0 Å². The Balaban J connectivity index is 2.00. The summed E-state index contributed by atoms with van der Waals surface area (Å²) >= 11 is 0. The first-order valence-corrected chi connectivity index (χ1v) is 7.42. The second-order valence-electron chi connectivity index (χ2n) is 5.64. The van der Waals surface area contributed by atoms with Crippen LogP contribution in [0.5, 0.6) is 5.75 Å². The number of rotatable bonds is 4. The molecule has 0 spiro atoms. The van der Waals surface area contributed by atoms with Crippen molar-refractivity contribution in [3.05, 3.63) is 23.8 Å². The highest BCUT2D eigenvalue weighted by atomic mass is 16.4. The summed E-state index contributed by atoms with van der Waals surface area (Å²) in [7, 11) is 0. The minimum absolute atomic E-state index is 0.0933. The van der Waals surface area contributed by atoms with E-state index >= 15 is 0 Å². The lowest BCUT2D eigenvalue weighted by atomic mass is 9.96. The lowest BCUT2D eigenvalue weighted by molar-refractivity contribution is -0.117. The molecule has 0 aromatic heterocycles. The molecule has 5 nitrogen and oxygen atoms in total. The number of benzene rings is 1. The smallest absolute Gasteiger partial charge is 0.337 e. The number of carboxylic acid groups (broad SMARTS) is 1. The number of phenolic OH excluding ortho intramolecular Hbond substituents is 1. The molecule has 1 saturated carbocycles. The quantitative estimate of drug-likeness (QED) is 0.586. The molecule has 0 heterocycles. The Hall–Kier alpha value is -2.04. The van der Waals surface area contributed by atoms with Gasteiger partial charge in [-0.3, -0.25) is 4.79 Å². The van der Waals surface area contributed by atoms with Gasteiger partial charge in [0.2, 0.25) is 5.91 Å². The number of anilines is 1. The average Bonchev–Trinajstić information content (AvgIpc) is 2.69. The highest BCUT2D eigenvalue weighted by Gasteiger charge is 2.18. The van der Waals surface area contributed by atoms with Gasteiger partial charge in [0.15, 0.2) is 0 Å². The molecule has 114 valence electrons. The predicted octanol–water partition coefficient (Wildman–Crippen LogP) is 3.39. The third kappa shape index (κ3) is 4.48. The summed E-state index contributed by atoms with van der Waals surface area (Å²) in [6.07, 6.45) is 7.36. The molecule has 1 amide bonds. The van der Waals surface area contributed by atoms with Gasteiger partial charge in [-0.05, 0) is 37.0 Å². The van der Waals surface area contributed by atoms with Crippen molar-refractivity contribution >= 4 is 17.6 Å². The molecule has 0 aliphatic heterocycles. The highest BCUT2D eigenvalue weighted by Crippen LogP contribution is 2.27. The number of aromatic carboxylic acids is 1. The average molecular weight is 291 g/mol. The van der Waals surface area contributed by atoms with Crippen LogP contribution in [0.15, 0.2) is 18.2 Å². The fourth-order valence-corrected chi connectivity index (χ4v) is 2.85. The van der Waals surface area contributed by atoms with Gasteiger partial charge in [0.05, 0.1) is 11.3 Å². The fourth-order valence-electron chi connectivity index (χ4n) is 2.85. The van der Waals surface area contributed by atoms with E-state index in [0.29, 0.717) is 12.3 Å². The van der Waals surface area contributed by atoms with Crippen LogP contribution in [0.1, 0.15) is 55.3 Å². The molecule has 2 rings (SSSR count). The van der Waals surface area contributed by atoms with E-state index in [1.54, 1.807) is 0 Å². The Kier molecular flexibility index (Phi) is 5.20. The zero-order chi connectivity index (χ0) is 15.2. The van der Waals surface area contributed by atoms with Crippen LogP contribution in [0, 0.1) is 5.92 Å². The Morgan fingerprint density at radius 2 is 1.81 bits per heavy atom. The maximum absolute atomic E-state index is 12.1. The molecule has 3 N–H and O–H groups in total. The van der Waals surface area contributed by atoms with E-state index in [4.69, 9.17) is 5.11 Å². The molecule has 0 saturated heterocycles. The monoisotopic (exact) mass is 291 g/mol. The van der Waals surface area contributed by atoms with E-state index in [2.05, 4.69) is 5.32 Å². The van der Waals surface area contributed by atoms with Crippen molar-refractivity contribution < 1.29 is 19.8 Å². The van der Waals surface area contributed by atoms with Crippen LogP contribution < -0.4 is 5.32 Å². The summed E-state index contributed by atoms with van der Waals surface area (Å²) in [5.41, 5.74) is 0.142. The first kappa shape index (κ1) is 15.4. The van der Waals surface area contributed by atoms with E-state index in [-0.39, 0.29) is 22.9 Å². The van der Waals surface area contributed by atoms with Crippen LogP contribution in [-0.2, 0) is 4.79 Å². The number of hydrogen-bond donors (Lipinski definition) is 3. The predicted molar refractivity (Wildman–Crippen MR) is 79.5 cm³/mol. The highest BCUT2D eigenvalue weighted by molar-refractivity contribution is 6.00. The first-order chi connectivity index (χ1) is 10.1. The van der Waals surface area contributed by atoms with Crippen LogP contribution in [0.4, 0.5) is 5.69 Å². The summed E-state index contributed by atoms with van der Waals surface area (Å²) in [4.78, 5) is 23.2. The van der Waals surface area contributed by atoms with Gasteiger partial charge in [-0.25, -0.2) is 4.79 Å². The summed E-state index contributed by atoms with van der Waals surface area (Å²) in [6, 6.07) is 3.93. The Bertz CT molecular complexity index is 519.